The Kier molecular flexibility index (Phi) is 4.15. The Morgan fingerprint density at radius 3 is 2.20 bits per heavy atom. The Balaban J connectivity index is 1.82. The summed E-state index contributed by atoms with van der Waals surface area (Å²) in [6.07, 6.45) is 0.940. The molecule has 1 atom stereocenters. The fourth-order valence-corrected chi connectivity index (χ4v) is 3.89. The van der Waals surface area contributed by atoms with Crippen molar-refractivity contribution in [1.29, 1.82) is 0 Å². The van der Waals surface area contributed by atoms with Crippen molar-refractivity contribution in [3.63, 3.8) is 0 Å². The lowest BCUT2D eigenvalue weighted by Gasteiger charge is -2.13. The maximum absolute atomic E-state index is 5.29. The van der Waals surface area contributed by atoms with Gasteiger partial charge in [-0.1, -0.05) is 73.7 Å². The molecule has 4 rings (SSSR count). The molecule has 0 heterocycles. The highest BCUT2D eigenvalue weighted by Gasteiger charge is 2.28. The van der Waals surface area contributed by atoms with Gasteiger partial charge in [0.25, 0.3) is 0 Å². The van der Waals surface area contributed by atoms with E-state index in [9.17, 15) is 0 Å². The molecule has 1 aliphatic carbocycles. The fourth-order valence-electron chi connectivity index (χ4n) is 3.89. The molecular formula is C24H22O. The number of ether oxygens (including phenoxy) is 1. The third kappa shape index (κ3) is 2.87. The molecule has 0 bridgehead atoms. The number of fused-ring (bicyclic) bond motifs is 1. The molecule has 1 unspecified atom stereocenters. The third-order valence-corrected chi connectivity index (χ3v) is 5.14. The van der Waals surface area contributed by atoms with Crippen LogP contribution in [0, 0.1) is 0 Å². The second-order valence-corrected chi connectivity index (χ2v) is 6.59. The molecule has 1 nitrogen and oxygen atoms in total. The van der Waals surface area contributed by atoms with Gasteiger partial charge in [-0.05, 0) is 52.0 Å². The van der Waals surface area contributed by atoms with Crippen molar-refractivity contribution in [1.82, 2.24) is 0 Å². The second-order valence-electron chi connectivity index (χ2n) is 6.59. The van der Waals surface area contributed by atoms with Crippen molar-refractivity contribution in [3.8, 4) is 5.75 Å². The summed E-state index contributed by atoms with van der Waals surface area (Å²) >= 11 is 0. The quantitative estimate of drug-likeness (QED) is 0.574. The van der Waals surface area contributed by atoms with Crippen LogP contribution in [0.5, 0.6) is 5.75 Å². The molecule has 0 spiro atoms. The number of hydrogen-bond acceptors (Lipinski definition) is 1. The van der Waals surface area contributed by atoms with E-state index < -0.39 is 0 Å². The average molecular weight is 326 g/mol. The van der Waals surface area contributed by atoms with Gasteiger partial charge in [0.2, 0.25) is 0 Å². The van der Waals surface area contributed by atoms with E-state index in [0.717, 1.165) is 12.2 Å². The van der Waals surface area contributed by atoms with Crippen LogP contribution in [-0.2, 0) is 6.42 Å². The number of hydrogen-bond donors (Lipinski definition) is 0. The van der Waals surface area contributed by atoms with Crippen LogP contribution in [-0.4, -0.2) is 7.11 Å². The van der Waals surface area contributed by atoms with Crippen molar-refractivity contribution in [2.75, 3.05) is 7.11 Å². The molecule has 3 aromatic carbocycles. The lowest BCUT2D eigenvalue weighted by molar-refractivity contribution is 0.414. The Morgan fingerprint density at radius 2 is 1.48 bits per heavy atom. The number of benzene rings is 3. The van der Waals surface area contributed by atoms with Gasteiger partial charge in [0.15, 0.2) is 0 Å². The average Bonchev–Trinajstić information content (AvgIpc) is 2.95. The summed E-state index contributed by atoms with van der Waals surface area (Å²) in [6.45, 7) is 2.32. The molecule has 0 saturated heterocycles. The normalized spacial score (nSPS) is 16.0. The van der Waals surface area contributed by atoms with Crippen molar-refractivity contribution < 1.29 is 4.74 Å². The Bertz CT molecular complexity index is 904. The van der Waals surface area contributed by atoms with Crippen molar-refractivity contribution in [3.05, 3.63) is 101 Å². The second kappa shape index (κ2) is 6.60. The number of rotatable bonds is 4. The van der Waals surface area contributed by atoms with E-state index in [4.69, 9.17) is 4.74 Å². The third-order valence-electron chi connectivity index (χ3n) is 5.14. The standard InChI is InChI=1S/C24H22O/c1-17-21-10-6-7-11-22(21)23(24(17)19-8-4-3-5-9-19)16-18-12-14-20(25-2)15-13-18/h3-15,17H,16H2,1-2H3. The first kappa shape index (κ1) is 15.7. The van der Waals surface area contributed by atoms with Crippen LogP contribution in [0.3, 0.4) is 0 Å². The molecule has 1 aliphatic rings. The van der Waals surface area contributed by atoms with Gasteiger partial charge in [-0.3, -0.25) is 0 Å². The first-order valence-electron chi connectivity index (χ1n) is 8.78. The number of allylic oxidation sites excluding steroid dienone is 2. The minimum absolute atomic E-state index is 0.423. The smallest absolute Gasteiger partial charge is 0.118 e. The molecule has 0 aromatic heterocycles. The van der Waals surface area contributed by atoms with E-state index in [1.54, 1.807) is 7.11 Å². The molecular weight excluding hydrogens is 304 g/mol. The SMILES string of the molecule is COc1ccc(CC2=C(c3ccccc3)C(C)c3ccccc32)cc1. The molecule has 0 fully saturated rings. The highest BCUT2D eigenvalue weighted by atomic mass is 16.5. The van der Waals surface area contributed by atoms with Gasteiger partial charge in [-0.2, -0.15) is 0 Å². The topological polar surface area (TPSA) is 9.23 Å². The van der Waals surface area contributed by atoms with E-state index in [2.05, 4.69) is 73.7 Å². The molecule has 3 aromatic rings. The molecule has 25 heavy (non-hydrogen) atoms. The maximum Gasteiger partial charge on any atom is 0.118 e. The predicted octanol–water partition coefficient (Wildman–Crippen LogP) is 5.97. The Morgan fingerprint density at radius 1 is 0.800 bits per heavy atom. The van der Waals surface area contributed by atoms with Gasteiger partial charge in [-0.15, -0.1) is 0 Å². The summed E-state index contributed by atoms with van der Waals surface area (Å²) in [6, 6.07) is 28.0. The van der Waals surface area contributed by atoms with Gasteiger partial charge in [0, 0.05) is 5.92 Å². The molecule has 0 amide bonds. The zero-order chi connectivity index (χ0) is 17.2. The molecule has 0 radical (unpaired) electrons. The molecule has 1 heteroatoms. The first-order valence-corrected chi connectivity index (χ1v) is 8.78. The van der Waals surface area contributed by atoms with E-state index in [1.807, 2.05) is 12.1 Å². The van der Waals surface area contributed by atoms with Crippen molar-refractivity contribution >= 4 is 11.1 Å². The molecule has 0 saturated carbocycles. The molecule has 0 N–H and O–H groups in total. The van der Waals surface area contributed by atoms with Crippen LogP contribution in [0.4, 0.5) is 0 Å². The van der Waals surface area contributed by atoms with Gasteiger partial charge < -0.3 is 4.74 Å². The zero-order valence-corrected chi connectivity index (χ0v) is 14.7. The van der Waals surface area contributed by atoms with Crippen LogP contribution in [0.25, 0.3) is 11.1 Å². The maximum atomic E-state index is 5.29. The van der Waals surface area contributed by atoms with Crippen LogP contribution in [0.1, 0.15) is 35.1 Å². The molecule has 0 aliphatic heterocycles. The monoisotopic (exact) mass is 326 g/mol. The van der Waals surface area contributed by atoms with E-state index in [1.165, 1.54) is 33.4 Å². The fraction of sp³-hybridized carbons (Fsp3) is 0.167. The summed E-state index contributed by atoms with van der Waals surface area (Å²) < 4.78 is 5.29. The Labute approximate surface area is 149 Å². The minimum atomic E-state index is 0.423. The highest BCUT2D eigenvalue weighted by molar-refractivity contribution is 5.99. The Hall–Kier alpha value is -2.80. The highest BCUT2D eigenvalue weighted by Crippen LogP contribution is 2.47. The van der Waals surface area contributed by atoms with Crippen LogP contribution in [0.15, 0.2) is 78.9 Å². The van der Waals surface area contributed by atoms with Crippen LogP contribution < -0.4 is 4.74 Å². The zero-order valence-electron chi connectivity index (χ0n) is 14.7. The van der Waals surface area contributed by atoms with Gasteiger partial charge in [0.05, 0.1) is 7.11 Å². The lowest BCUT2D eigenvalue weighted by Crippen LogP contribution is -1.94. The van der Waals surface area contributed by atoms with Gasteiger partial charge in [-0.25, -0.2) is 0 Å². The summed E-state index contributed by atoms with van der Waals surface area (Å²) in [7, 11) is 1.71. The summed E-state index contributed by atoms with van der Waals surface area (Å²) in [5.41, 5.74) is 8.37. The van der Waals surface area contributed by atoms with Crippen LogP contribution in [0.2, 0.25) is 0 Å². The summed E-state index contributed by atoms with van der Waals surface area (Å²) in [5, 5.41) is 0. The summed E-state index contributed by atoms with van der Waals surface area (Å²) in [5.74, 6) is 1.33. The summed E-state index contributed by atoms with van der Waals surface area (Å²) in [4.78, 5) is 0. The van der Waals surface area contributed by atoms with Crippen molar-refractivity contribution in [2.45, 2.75) is 19.3 Å². The van der Waals surface area contributed by atoms with Crippen LogP contribution >= 0.6 is 0 Å². The van der Waals surface area contributed by atoms with Gasteiger partial charge in [0.1, 0.15) is 5.75 Å². The van der Waals surface area contributed by atoms with Gasteiger partial charge >= 0.3 is 0 Å². The minimum Gasteiger partial charge on any atom is -0.497 e. The van der Waals surface area contributed by atoms with E-state index in [0.29, 0.717) is 5.92 Å². The number of methoxy groups -OCH3 is 1. The van der Waals surface area contributed by atoms with Crippen molar-refractivity contribution in [2.24, 2.45) is 0 Å². The first-order chi connectivity index (χ1) is 12.3. The van der Waals surface area contributed by atoms with E-state index >= 15 is 0 Å². The molecule has 124 valence electrons. The largest absolute Gasteiger partial charge is 0.497 e. The predicted molar refractivity (Wildman–Crippen MR) is 105 cm³/mol. The van der Waals surface area contributed by atoms with E-state index in [-0.39, 0.29) is 0 Å². The lowest BCUT2D eigenvalue weighted by atomic mass is 9.91.